The summed E-state index contributed by atoms with van der Waals surface area (Å²) in [5.74, 6) is -0.845. The zero-order valence-corrected chi connectivity index (χ0v) is 24.6. The molecule has 1 aliphatic heterocycles. The molecule has 2 fully saturated rings. The number of pyridine rings is 1. The molecule has 14 heteroatoms. The van der Waals surface area contributed by atoms with Gasteiger partial charge in [0, 0.05) is 24.9 Å². The molecule has 0 spiro atoms. The molecule has 1 aromatic carbocycles. The van der Waals surface area contributed by atoms with Crippen LogP contribution in [-0.2, 0) is 4.79 Å². The monoisotopic (exact) mass is 625 g/mol. The smallest absolute Gasteiger partial charge is 0.387 e. The van der Waals surface area contributed by atoms with E-state index in [2.05, 4.69) is 30.1 Å². The zero-order valence-electron chi connectivity index (χ0n) is 23.9. The fourth-order valence-corrected chi connectivity index (χ4v) is 5.90. The van der Waals surface area contributed by atoms with Crippen LogP contribution in [0.3, 0.4) is 0 Å². The first-order valence-electron chi connectivity index (χ1n) is 13.9. The molecule has 2 amide bonds. The summed E-state index contributed by atoms with van der Waals surface area (Å²) in [5.41, 5.74) is 2.30. The van der Waals surface area contributed by atoms with Crippen LogP contribution in [0.15, 0.2) is 43.1 Å². The minimum Gasteiger partial charge on any atom is -0.434 e. The molecular weight excluding hydrogens is 599 g/mol. The van der Waals surface area contributed by atoms with Crippen LogP contribution in [0.2, 0.25) is 5.02 Å². The van der Waals surface area contributed by atoms with Gasteiger partial charge >= 0.3 is 6.61 Å². The third-order valence-corrected chi connectivity index (χ3v) is 8.72. The van der Waals surface area contributed by atoms with E-state index >= 15 is 0 Å². The second kappa shape index (κ2) is 11.5. The molecule has 3 aromatic heterocycles. The summed E-state index contributed by atoms with van der Waals surface area (Å²) in [6, 6.07) is 1.90. The van der Waals surface area contributed by atoms with E-state index in [9.17, 15) is 22.8 Å². The number of benzene rings is 1. The number of fused-ring (bicyclic) bond motifs is 1. The first-order chi connectivity index (χ1) is 21.0. The molecule has 1 unspecified atom stereocenters. The van der Waals surface area contributed by atoms with Crippen LogP contribution in [0.5, 0.6) is 5.75 Å². The molecule has 4 aromatic rings. The van der Waals surface area contributed by atoms with Crippen molar-refractivity contribution in [1.29, 1.82) is 0 Å². The van der Waals surface area contributed by atoms with Gasteiger partial charge in [0.25, 0.3) is 5.91 Å². The summed E-state index contributed by atoms with van der Waals surface area (Å²) in [6.45, 7) is 3.37. The molecule has 3 atom stereocenters. The summed E-state index contributed by atoms with van der Waals surface area (Å²) in [5, 5.41) is 6.73. The molecule has 4 heterocycles. The van der Waals surface area contributed by atoms with E-state index in [1.165, 1.54) is 6.20 Å². The lowest BCUT2D eigenvalue weighted by Crippen LogP contribution is -2.29. The average Bonchev–Trinajstić information content (AvgIpc) is 3.52. The number of carbonyl (C=O) groups excluding carboxylic acids is 2. The molecule has 10 nitrogen and oxygen atoms in total. The van der Waals surface area contributed by atoms with Crippen molar-refractivity contribution >= 4 is 34.9 Å². The van der Waals surface area contributed by atoms with Gasteiger partial charge in [-0.25, -0.2) is 14.4 Å². The van der Waals surface area contributed by atoms with Gasteiger partial charge in [0.2, 0.25) is 5.91 Å². The fourth-order valence-electron chi connectivity index (χ4n) is 5.74. The van der Waals surface area contributed by atoms with Gasteiger partial charge in [-0.15, -0.1) is 0 Å². The van der Waals surface area contributed by atoms with Crippen molar-refractivity contribution in [2.75, 3.05) is 16.8 Å². The molecule has 228 valence electrons. The number of amides is 2. The normalized spacial score (nSPS) is 18.3. The Balaban J connectivity index is 1.19. The van der Waals surface area contributed by atoms with Gasteiger partial charge in [-0.1, -0.05) is 11.6 Å². The van der Waals surface area contributed by atoms with Gasteiger partial charge in [-0.3, -0.25) is 24.2 Å². The molecule has 0 radical (unpaired) electrons. The molecule has 2 aliphatic rings. The Morgan fingerprint density at radius 3 is 2.61 bits per heavy atom. The largest absolute Gasteiger partial charge is 0.434 e. The third-order valence-electron chi connectivity index (χ3n) is 8.43. The predicted molar refractivity (Wildman–Crippen MR) is 155 cm³/mol. The van der Waals surface area contributed by atoms with Crippen LogP contribution < -0.4 is 15.0 Å². The minimum absolute atomic E-state index is 0.122. The standard InChI is InChI=1S/C30H27ClF3N7O3/c1-14-15(2)27(40-12-17-4-5-19(17)29(40)43)36-9-20(14)16(3)41-13-18(8-37-41)38-28(42)23-11-35-10-22(39-23)25-24(44-30(33)34)7-6-21(31)26(25)32/h6-11,13,16-17,19,30H,4-5,12H2,1-3H3,(H,38,42)/t16?,17-,19-/m1/s1. The van der Waals surface area contributed by atoms with Gasteiger partial charge in [0.15, 0.2) is 5.82 Å². The maximum absolute atomic E-state index is 14.8. The molecule has 1 aliphatic carbocycles. The molecule has 1 N–H and O–H groups in total. The van der Waals surface area contributed by atoms with Crippen molar-refractivity contribution in [3.05, 3.63) is 76.3 Å². The van der Waals surface area contributed by atoms with Crippen LogP contribution in [0.4, 0.5) is 24.7 Å². The number of aromatic nitrogens is 5. The minimum atomic E-state index is -3.22. The average molecular weight is 626 g/mol. The number of hydrogen-bond donors (Lipinski definition) is 1. The Hall–Kier alpha value is -4.52. The molecule has 44 heavy (non-hydrogen) atoms. The van der Waals surface area contributed by atoms with Crippen LogP contribution in [0.1, 0.15) is 53.0 Å². The van der Waals surface area contributed by atoms with Gasteiger partial charge in [-0.2, -0.15) is 13.9 Å². The van der Waals surface area contributed by atoms with Crippen molar-refractivity contribution in [2.45, 2.75) is 46.3 Å². The first kappa shape index (κ1) is 29.5. The number of carbonyl (C=O) groups is 2. The van der Waals surface area contributed by atoms with Gasteiger partial charge in [-0.05, 0) is 68.4 Å². The van der Waals surface area contributed by atoms with E-state index in [0.717, 1.165) is 54.1 Å². The second-order valence-corrected chi connectivity index (χ2v) is 11.3. The Bertz CT molecular complexity index is 1780. The lowest BCUT2D eigenvalue weighted by atomic mass is 9.76. The van der Waals surface area contributed by atoms with Gasteiger partial charge in [0.05, 0.1) is 46.6 Å². The topological polar surface area (TPSA) is 115 Å². The molecule has 1 saturated carbocycles. The molecule has 6 rings (SSSR count). The number of rotatable bonds is 8. The SMILES string of the molecule is Cc1c(C(C)n2cc(NC(=O)c3cncc(-c4c(OC(F)F)ccc(Cl)c4F)n3)cn2)cnc(N2C[C@H]3CC[C@H]3C2=O)c1C. The third kappa shape index (κ3) is 5.25. The van der Waals surface area contributed by atoms with E-state index in [-0.39, 0.29) is 34.3 Å². The van der Waals surface area contributed by atoms with Crippen LogP contribution in [0, 0.1) is 31.5 Å². The van der Waals surface area contributed by atoms with E-state index in [4.69, 9.17) is 11.6 Å². The highest BCUT2D eigenvalue weighted by molar-refractivity contribution is 6.31. The Kier molecular flexibility index (Phi) is 7.74. The van der Waals surface area contributed by atoms with Crippen LogP contribution >= 0.6 is 11.6 Å². The van der Waals surface area contributed by atoms with Crippen molar-refractivity contribution < 1.29 is 27.5 Å². The van der Waals surface area contributed by atoms with E-state index in [1.807, 2.05) is 25.7 Å². The van der Waals surface area contributed by atoms with Crippen molar-refractivity contribution in [3.63, 3.8) is 0 Å². The Morgan fingerprint density at radius 1 is 1.14 bits per heavy atom. The summed E-state index contributed by atoms with van der Waals surface area (Å²) in [4.78, 5) is 40.4. The quantitative estimate of drug-likeness (QED) is 0.256. The molecular formula is C30H27ClF3N7O3. The zero-order chi connectivity index (χ0) is 31.3. The maximum atomic E-state index is 14.8. The van der Waals surface area contributed by atoms with E-state index < -0.39 is 29.6 Å². The number of nitrogens with zero attached hydrogens (tertiary/aromatic N) is 6. The van der Waals surface area contributed by atoms with Crippen molar-refractivity contribution in [3.8, 4) is 17.0 Å². The lowest BCUT2D eigenvalue weighted by Gasteiger charge is -2.25. The van der Waals surface area contributed by atoms with Crippen LogP contribution in [-0.4, -0.2) is 49.7 Å². The first-order valence-corrected chi connectivity index (χ1v) is 14.3. The number of anilines is 2. The Labute approximate surface area is 255 Å². The van der Waals surface area contributed by atoms with Crippen molar-refractivity contribution in [2.24, 2.45) is 11.8 Å². The highest BCUT2D eigenvalue weighted by Gasteiger charge is 2.47. The van der Waals surface area contributed by atoms with Gasteiger partial charge < -0.3 is 10.1 Å². The molecule has 1 saturated heterocycles. The number of alkyl halides is 2. The highest BCUT2D eigenvalue weighted by atomic mass is 35.5. The molecule has 0 bridgehead atoms. The van der Waals surface area contributed by atoms with E-state index in [1.54, 1.807) is 17.1 Å². The van der Waals surface area contributed by atoms with Gasteiger partial charge in [0.1, 0.15) is 17.3 Å². The maximum Gasteiger partial charge on any atom is 0.387 e. The number of nitrogens with one attached hydrogen (secondary N) is 1. The lowest BCUT2D eigenvalue weighted by molar-refractivity contribution is -0.123. The van der Waals surface area contributed by atoms with E-state index in [0.29, 0.717) is 24.0 Å². The number of hydrogen-bond acceptors (Lipinski definition) is 7. The number of ether oxygens (including phenoxy) is 1. The summed E-state index contributed by atoms with van der Waals surface area (Å²) in [6.07, 6.45) is 9.14. The number of halogens is 4. The van der Waals surface area contributed by atoms with Crippen LogP contribution in [0.25, 0.3) is 11.3 Å². The predicted octanol–water partition coefficient (Wildman–Crippen LogP) is 5.98. The summed E-state index contributed by atoms with van der Waals surface area (Å²) >= 11 is 5.85. The summed E-state index contributed by atoms with van der Waals surface area (Å²) < 4.78 is 46.8. The Morgan fingerprint density at radius 2 is 1.93 bits per heavy atom. The second-order valence-electron chi connectivity index (χ2n) is 10.9. The fraction of sp³-hybridized carbons (Fsp3) is 0.333. The highest BCUT2D eigenvalue weighted by Crippen LogP contribution is 2.44. The van der Waals surface area contributed by atoms with Crippen molar-refractivity contribution in [1.82, 2.24) is 24.7 Å². The summed E-state index contributed by atoms with van der Waals surface area (Å²) in [7, 11) is 0.